The summed E-state index contributed by atoms with van der Waals surface area (Å²) in [5.41, 5.74) is 2.21. The van der Waals surface area contributed by atoms with Gasteiger partial charge < -0.3 is 4.90 Å². The summed E-state index contributed by atoms with van der Waals surface area (Å²) >= 11 is 5.87. The van der Waals surface area contributed by atoms with Gasteiger partial charge in [0.05, 0.1) is 0 Å². The highest BCUT2D eigenvalue weighted by atomic mass is 35.5. The Morgan fingerprint density at radius 3 is 2.61 bits per heavy atom. The summed E-state index contributed by atoms with van der Waals surface area (Å²) < 4.78 is 0. The molecule has 100 valence electrons. The SMILES string of the molecule is CCCC1CCN(c2ccc(CCl)c(C)n2)CC1. The highest BCUT2D eigenvalue weighted by molar-refractivity contribution is 6.17. The van der Waals surface area contributed by atoms with Crippen LogP contribution in [0.25, 0.3) is 0 Å². The summed E-state index contributed by atoms with van der Waals surface area (Å²) in [5.74, 6) is 2.60. The average molecular weight is 267 g/mol. The number of anilines is 1. The van der Waals surface area contributed by atoms with E-state index in [0.29, 0.717) is 5.88 Å². The van der Waals surface area contributed by atoms with Crippen molar-refractivity contribution in [3.05, 3.63) is 23.4 Å². The van der Waals surface area contributed by atoms with E-state index in [2.05, 4.69) is 28.9 Å². The maximum atomic E-state index is 5.87. The average Bonchev–Trinajstić information content (AvgIpc) is 2.40. The zero-order chi connectivity index (χ0) is 13.0. The number of alkyl halides is 1. The van der Waals surface area contributed by atoms with Crippen LogP contribution >= 0.6 is 11.6 Å². The van der Waals surface area contributed by atoms with Crippen molar-refractivity contribution in [2.75, 3.05) is 18.0 Å². The van der Waals surface area contributed by atoms with Crippen LogP contribution in [-0.4, -0.2) is 18.1 Å². The van der Waals surface area contributed by atoms with Crippen LogP contribution in [0.3, 0.4) is 0 Å². The standard InChI is InChI=1S/C15H23ClN2/c1-3-4-13-7-9-18(10-8-13)15-6-5-14(11-16)12(2)17-15/h5-6,13H,3-4,7-11H2,1-2H3. The summed E-state index contributed by atoms with van der Waals surface area (Å²) in [4.78, 5) is 7.09. The summed E-state index contributed by atoms with van der Waals surface area (Å²) in [6.45, 7) is 6.63. The van der Waals surface area contributed by atoms with E-state index in [0.717, 1.165) is 36.1 Å². The fraction of sp³-hybridized carbons (Fsp3) is 0.667. The van der Waals surface area contributed by atoms with Crippen LogP contribution in [0.2, 0.25) is 0 Å². The van der Waals surface area contributed by atoms with Crippen LogP contribution in [0.1, 0.15) is 43.9 Å². The molecular formula is C15H23ClN2. The number of hydrogen-bond acceptors (Lipinski definition) is 2. The number of pyridine rings is 1. The second kappa shape index (κ2) is 6.42. The molecule has 0 bridgehead atoms. The third kappa shape index (κ3) is 3.17. The Hall–Kier alpha value is -0.760. The van der Waals surface area contributed by atoms with Crippen molar-refractivity contribution in [2.45, 2.75) is 45.4 Å². The van der Waals surface area contributed by atoms with Gasteiger partial charge in [0.1, 0.15) is 5.82 Å². The van der Waals surface area contributed by atoms with Gasteiger partial charge in [0.25, 0.3) is 0 Å². The van der Waals surface area contributed by atoms with Gasteiger partial charge in [-0.05, 0) is 37.3 Å². The minimum absolute atomic E-state index is 0.553. The number of piperidine rings is 1. The van der Waals surface area contributed by atoms with E-state index in [4.69, 9.17) is 11.6 Å². The smallest absolute Gasteiger partial charge is 0.128 e. The molecule has 0 aromatic carbocycles. The predicted octanol–water partition coefficient (Wildman–Crippen LogP) is 4.15. The Morgan fingerprint density at radius 1 is 1.33 bits per heavy atom. The van der Waals surface area contributed by atoms with Crippen LogP contribution in [-0.2, 0) is 5.88 Å². The molecule has 0 N–H and O–H groups in total. The quantitative estimate of drug-likeness (QED) is 0.762. The van der Waals surface area contributed by atoms with Crippen molar-refractivity contribution in [3.8, 4) is 0 Å². The van der Waals surface area contributed by atoms with Gasteiger partial charge in [0.2, 0.25) is 0 Å². The van der Waals surface area contributed by atoms with E-state index in [1.165, 1.54) is 25.7 Å². The van der Waals surface area contributed by atoms with Crippen LogP contribution in [0.5, 0.6) is 0 Å². The van der Waals surface area contributed by atoms with Crippen LogP contribution < -0.4 is 4.90 Å². The minimum Gasteiger partial charge on any atom is -0.357 e. The molecule has 2 heterocycles. The van der Waals surface area contributed by atoms with E-state index in [1.807, 2.05) is 6.92 Å². The Balaban J connectivity index is 1.99. The topological polar surface area (TPSA) is 16.1 Å². The Morgan fingerprint density at radius 2 is 2.06 bits per heavy atom. The highest BCUT2D eigenvalue weighted by Crippen LogP contribution is 2.25. The first-order valence-corrected chi connectivity index (χ1v) is 7.55. The Bertz CT molecular complexity index is 384. The van der Waals surface area contributed by atoms with Crippen molar-refractivity contribution < 1.29 is 0 Å². The van der Waals surface area contributed by atoms with E-state index in [1.54, 1.807) is 0 Å². The van der Waals surface area contributed by atoms with Crippen molar-refractivity contribution in [3.63, 3.8) is 0 Å². The molecule has 0 spiro atoms. The molecule has 1 aromatic rings. The molecule has 1 aliphatic rings. The second-order valence-corrected chi connectivity index (χ2v) is 5.53. The molecule has 0 amide bonds. The largest absolute Gasteiger partial charge is 0.357 e. The van der Waals surface area contributed by atoms with Crippen molar-refractivity contribution >= 4 is 17.4 Å². The van der Waals surface area contributed by atoms with Gasteiger partial charge in [0.15, 0.2) is 0 Å². The normalized spacial score (nSPS) is 17.2. The first-order chi connectivity index (χ1) is 8.74. The Kier molecular flexibility index (Phi) is 4.87. The van der Waals surface area contributed by atoms with Gasteiger partial charge in [0, 0.05) is 24.7 Å². The van der Waals surface area contributed by atoms with E-state index in [9.17, 15) is 0 Å². The second-order valence-electron chi connectivity index (χ2n) is 5.27. The van der Waals surface area contributed by atoms with Gasteiger partial charge in [-0.15, -0.1) is 11.6 Å². The first-order valence-electron chi connectivity index (χ1n) is 7.02. The molecule has 1 saturated heterocycles. The maximum Gasteiger partial charge on any atom is 0.128 e. The van der Waals surface area contributed by atoms with E-state index < -0.39 is 0 Å². The zero-order valence-electron chi connectivity index (χ0n) is 11.5. The molecule has 0 saturated carbocycles. The number of hydrogen-bond donors (Lipinski definition) is 0. The van der Waals surface area contributed by atoms with Gasteiger partial charge >= 0.3 is 0 Å². The molecule has 0 atom stereocenters. The lowest BCUT2D eigenvalue weighted by Crippen LogP contribution is -2.34. The summed E-state index contributed by atoms with van der Waals surface area (Å²) in [5, 5.41) is 0. The third-order valence-corrected chi connectivity index (χ3v) is 4.25. The molecular weight excluding hydrogens is 244 g/mol. The zero-order valence-corrected chi connectivity index (χ0v) is 12.2. The molecule has 18 heavy (non-hydrogen) atoms. The van der Waals surface area contributed by atoms with Crippen molar-refractivity contribution in [2.24, 2.45) is 5.92 Å². The van der Waals surface area contributed by atoms with E-state index >= 15 is 0 Å². The van der Waals surface area contributed by atoms with Crippen molar-refractivity contribution in [1.82, 2.24) is 4.98 Å². The molecule has 0 radical (unpaired) electrons. The number of nitrogens with zero attached hydrogens (tertiary/aromatic N) is 2. The lowest BCUT2D eigenvalue weighted by molar-refractivity contribution is 0.377. The first kappa shape index (κ1) is 13.7. The van der Waals surface area contributed by atoms with Gasteiger partial charge in [-0.25, -0.2) is 4.98 Å². The van der Waals surface area contributed by atoms with Crippen LogP contribution in [0, 0.1) is 12.8 Å². The highest BCUT2D eigenvalue weighted by Gasteiger charge is 2.19. The summed E-state index contributed by atoms with van der Waals surface area (Å²) in [6.07, 6.45) is 5.32. The molecule has 3 heteroatoms. The lowest BCUT2D eigenvalue weighted by Gasteiger charge is -2.33. The van der Waals surface area contributed by atoms with Gasteiger partial charge in [-0.2, -0.15) is 0 Å². The third-order valence-electron chi connectivity index (χ3n) is 3.96. The fourth-order valence-electron chi connectivity index (χ4n) is 2.75. The minimum atomic E-state index is 0.553. The monoisotopic (exact) mass is 266 g/mol. The van der Waals surface area contributed by atoms with E-state index in [-0.39, 0.29) is 0 Å². The molecule has 2 rings (SSSR count). The molecule has 0 unspecified atom stereocenters. The number of rotatable bonds is 4. The molecule has 1 aliphatic heterocycles. The van der Waals surface area contributed by atoms with Gasteiger partial charge in [-0.1, -0.05) is 25.8 Å². The molecule has 0 aliphatic carbocycles. The summed E-state index contributed by atoms with van der Waals surface area (Å²) in [7, 11) is 0. The number of aromatic nitrogens is 1. The Labute approximate surface area is 115 Å². The van der Waals surface area contributed by atoms with Crippen LogP contribution in [0.4, 0.5) is 5.82 Å². The maximum absolute atomic E-state index is 5.87. The van der Waals surface area contributed by atoms with Gasteiger partial charge in [-0.3, -0.25) is 0 Å². The predicted molar refractivity (Wildman–Crippen MR) is 78.4 cm³/mol. The molecule has 1 fully saturated rings. The van der Waals surface area contributed by atoms with Crippen molar-refractivity contribution in [1.29, 1.82) is 0 Å². The number of aryl methyl sites for hydroxylation is 1. The number of halogens is 1. The molecule has 1 aromatic heterocycles. The summed E-state index contributed by atoms with van der Waals surface area (Å²) in [6, 6.07) is 4.23. The lowest BCUT2D eigenvalue weighted by atomic mass is 9.92. The fourth-order valence-corrected chi connectivity index (χ4v) is 3.04. The molecule has 2 nitrogen and oxygen atoms in total. The van der Waals surface area contributed by atoms with Crippen LogP contribution in [0.15, 0.2) is 12.1 Å².